The van der Waals surface area contributed by atoms with E-state index in [0.717, 1.165) is 22.4 Å². The van der Waals surface area contributed by atoms with Gasteiger partial charge in [-0.3, -0.25) is 9.10 Å². The monoisotopic (exact) mass is 544 g/mol. The molecule has 0 fully saturated rings. The van der Waals surface area contributed by atoms with E-state index in [9.17, 15) is 13.2 Å². The van der Waals surface area contributed by atoms with Gasteiger partial charge in [0.2, 0.25) is 5.91 Å². The molecule has 0 saturated carbocycles. The standard InChI is InChI=1S/C31H32N2O3S2/c1-23(2)26-13-17-28(18-14-26)33(38(35,36)30-19-9-24(3)10-20-30)21-31(34)32-27-15-11-25(12-16-27)22-37-29-7-5-4-6-8-29/h4-20,23H,21-22H2,1-3H3,(H,32,34). The van der Waals surface area contributed by atoms with Gasteiger partial charge in [-0.25, -0.2) is 8.42 Å². The van der Waals surface area contributed by atoms with Crippen LogP contribution in [-0.2, 0) is 20.6 Å². The highest BCUT2D eigenvalue weighted by molar-refractivity contribution is 7.98. The summed E-state index contributed by atoms with van der Waals surface area (Å²) in [6.45, 7) is 5.71. The van der Waals surface area contributed by atoms with Gasteiger partial charge < -0.3 is 5.32 Å². The van der Waals surface area contributed by atoms with Crippen molar-refractivity contribution in [3.05, 3.63) is 120 Å². The molecule has 0 aromatic heterocycles. The number of rotatable bonds is 10. The van der Waals surface area contributed by atoms with Crippen molar-refractivity contribution < 1.29 is 13.2 Å². The predicted molar refractivity (Wildman–Crippen MR) is 157 cm³/mol. The Morgan fingerprint density at radius 1 is 0.842 bits per heavy atom. The number of thioether (sulfide) groups is 1. The molecule has 7 heteroatoms. The molecule has 0 aliphatic heterocycles. The first-order valence-electron chi connectivity index (χ1n) is 12.5. The molecule has 196 valence electrons. The third-order valence-electron chi connectivity index (χ3n) is 6.13. The summed E-state index contributed by atoms with van der Waals surface area (Å²) in [5.41, 5.74) is 4.24. The Morgan fingerprint density at radius 3 is 2.08 bits per heavy atom. The number of nitrogens with zero attached hydrogens (tertiary/aromatic N) is 1. The van der Waals surface area contributed by atoms with Gasteiger partial charge in [0.1, 0.15) is 6.54 Å². The van der Waals surface area contributed by atoms with Crippen LogP contribution in [0.2, 0.25) is 0 Å². The lowest BCUT2D eigenvalue weighted by Gasteiger charge is -2.24. The number of sulfonamides is 1. The topological polar surface area (TPSA) is 66.5 Å². The van der Waals surface area contributed by atoms with Crippen LogP contribution in [-0.4, -0.2) is 20.9 Å². The number of nitrogens with one attached hydrogen (secondary N) is 1. The van der Waals surface area contributed by atoms with Crippen LogP contribution in [0.25, 0.3) is 0 Å². The van der Waals surface area contributed by atoms with Crippen molar-refractivity contribution in [2.24, 2.45) is 0 Å². The molecule has 38 heavy (non-hydrogen) atoms. The van der Waals surface area contributed by atoms with Gasteiger partial charge in [0.15, 0.2) is 0 Å². The van der Waals surface area contributed by atoms with Gasteiger partial charge in [-0.1, -0.05) is 74.0 Å². The van der Waals surface area contributed by atoms with E-state index >= 15 is 0 Å². The lowest BCUT2D eigenvalue weighted by molar-refractivity contribution is -0.114. The molecule has 0 bridgehead atoms. The van der Waals surface area contributed by atoms with E-state index in [4.69, 9.17) is 0 Å². The van der Waals surface area contributed by atoms with Crippen molar-refractivity contribution in [2.75, 3.05) is 16.2 Å². The highest BCUT2D eigenvalue weighted by Crippen LogP contribution is 2.27. The normalized spacial score (nSPS) is 11.4. The van der Waals surface area contributed by atoms with Crippen molar-refractivity contribution in [2.45, 2.75) is 42.2 Å². The molecule has 0 unspecified atom stereocenters. The summed E-state index contributed by atoms with van der Waals surface area (Å²) in [5, 5.41) is 2.85. The summed E-state index contributed by atoms with van der Waals surface area (Å²) in [6, 6.07) is 31.8. The Balaban J connectivity index is 1.50. The maximum atomic E-state index is 13.6. The van der Waals surface area contributed by atoms with E-state index in [1.54, 1.807) is 48.2 Å². The fourth-order valence-electron chi connectivity index (χ4n) is 3.88. The summed E-state index contributed by atoms with van der Waals surface area (Å²) in [6.07, 6.45) is 0. The number of aryl methyl sites for hydroxylation is 1. The van der Waals surface area contributed by atoms with Gasteiger partial charge in [0, 0.05) is 16.3 Å². The molecule has 0 radical (unpaired) electrons. The highest BCUT2D eigenvalue weighted by Gasteiger charge is 2.27. The summed E-state index contributed by atoms with van der Waals surface area (Å²) in [7, 11) is -3.96. The number of hydrogen-bond donors (Lipinski definition) is 1. The number of carbonyl (C=O) groups excluding carboxylic acids is 1. The molecule has 0 aliphatic carbocycles. The number of amides is 1. The Morgan fingerprint density at radius 2 is 1.47 bits per heavy atom. The third kappa shape index (κ3) is 7.05. The molecular weight excluding hydrogens is 512 g/mol. The molecule has 1 amide bonds. The first-order valence-corrected chi connectivity index (χ1v) is 14.9. The molecule has 0 heterocycles. The summed E-state index contributed by atoms with van der Waals surface area (Å²) in [5.74, 6) is 0.705. The van der Waals surface area contributed by atoms with Crippen LogP contribution < -0.4 is 9.62 Å². The zero-order chi connectivity index (χ0) is 27.1. The summed E-state index contributed by atoms with van der Waals surface area (Å²) < 4.78 is 28.4. The van der Waals surface area contributed by atoms with E-state index in [1.165, 1.54) is 9.20 Å². The van der Waals surface area contributed by atoms with Crippen molar-refractivity contribution in [3.8, 4) is 0 Å². The van der Waals surface area contributed by atoms with Gasteiger partial charge in [-0.2, -0.15) is 0 Å². The summed E-state index contributed by atoms with van der Waals surface area (Å²) >= 11 is 1.74. The highest BCUT2D eigenvalue weighted by atomic mass is 32.2. The maximum Gasteiger partial charge on any atom is 0.264 e. The van der Waals surface area contributed by atoms with Crippen LogP contribution in [0, 0.1) is 6.92 Å². The second kappa shape index (κ2) is 12.3. The molecule has 0 spiro atoms. The van der Waals surface area contributed by atoms with Crippen molar-refractivity contribution in [3.63, 3.8) is 0 Å². The zero-order valence-corrected chi connectivity index (χ0v) is 23.4. The van der Waals surface area contributed by atoms with Gasteiger partial charge in [-0.05, 0) is 72.5 Å². The zero-order valence-electron chi connectivity index (χ0n) is 21.8. The average Bonchev–Trinajstić information content (AvgIpc) is 2.92. The SMILES string of the molecule is Cc1ccc(S(=O)(=O)N(CC(=O)Nc2ccc(CSc3ccccc3)cc2)c2ccc(C(C)C)cc2)cc1. The largest absolute Gasteiger partial charge is 0.325 e. The Kier molecular flexibility index (Phi) is 8.92. The molecule has 1 N–H and O–H groups in total. The van der Waals surface area contributed by atoms with Crippen LogP contribution in [0.15, 0.2) is 113 Å². The minimum Gasteiger partial charge on any atom is -0.325 e. The van der Waals surface area contributed by atoms with Crippen LogP contribution in [0.5, 0.6) is 0 Å². The fraction of sp³-hybridized carbons (Fsp3) is 0.194. The third-order valence-corrected chi connectivity index (χ3v) is 9.00. The minimum absolute atomic E-state index is 0.143. The van der Waals surface area contributed by atoms with E-state index in [1.807, 2.05) is 61.5 Å². The molecule has 4 aromatic rings. The summed E-state index contributed by atoms with van der Waals surface area (Å²) in [4.78, 5) is 14.4. The first kappa shape index (κ1) is 27.5. The number of hydrogen-bond acceptors (Lipinski definition) is 4. The molecule has 5 nitrogen and oxygen atoms in total. The number of anilines is 2. The molecular formula is C31H32N2O3S2. The first-order chi connectivity index (χ1) is 18.2. The predicted octanol–water partition coefficient (Wildman–Crippen LogP) is 7.24. The van der Waals surface area contributed by atoms with Gasteiger partial charge in [-0.15, -0.1) is 11.8 Å². The van der Waals surface area contributed by atoms with Crippen LogP contribution >= 0.6 is 11.8 Å². The van der Waals surface area contributed by atoms with E-state index < -0.39 is 15.9 Å². The van der Waals surface area contributed by atoms with Crippen LogP contribution in [0.1, 0.15) is 36.5 Å². The van der Waals surface area contributed by atoms with Crippen LogP contribution in [0.4, 0.5) is 11.4 Å². The average molecular weight is 545 g/mol. The number of carbonyl (C=O) groups is 1. The molecule has 0 saturated heterocycles. The lowest BCUT2D eigenvalue weighted by atomic mass is 10.0. The Labute approximate surface area is 230 Å². The van der Waals surface area contributed by atoms with Gasteiger partial charge >= 0.3 is 0 Å². The van der Waals surface area contributed by atoms with Crippen molar-refractivity contribution in [1.82, 2.24) is 0 Å². The second-order valence-corrected chi connectivity index (χ2v) is 12.3. The maximum absolute atomic E-state index is 13.6. The number of benzene rings is 4. The quantitative estimate of drug-likeness (QED) is 0.214. The van der Waals surface area contributed by atoms with Crippen molar-refractivity contribution in [1.29, 1.82) is 0 Å². The molecule has 0 atom stereocenters. The van der Waals surface area contributed by atoms with Crippen molar-refractivity contribution >= 4 is 39.1 Å². The lowest BCUT2D eigenvalue weighted by Crippen LogP contribution is -2.38. The Hall–Kier alpha value is -3.55. The smallest absolute Gasteiger partial charge is 0.264 e. The molecule has 4 rings (SSSR count). The minimum atomic E-state index is -3.96. The second-order valence-electron chi connectivity index (χ2n) is 9.42. The van der Waals surface area contributed by atoms with Crippen LogP contribution in [0.3, 0.4) is 0 Å². The van der Waals surface area contributed by atoms with E-state index in [0.29, 0.717) is 17.3 Å². The van der Waals surface area contributed by atoms with E-state index in [2.05, 4.69) is 31.3 Å². The fourth-order valence-corrected chi connectivity index (χ4v) is 6.17. The van der Waals surface area contributed by atoms with Gasteiger partial charge in [0.05, 0.1) is 10.6 Å². The molecule has 0 aliphatic rings. The van der Waals surface area contributed by atoms with E-state index in [-0.39, 0.29) is 11.4 Å². The van der Waals surface area contributed by atoms with Gasteiger partial charge in [0.25, 0.3) is 10.0 Å². The molecule has 4 aromatic carbocycles. The Bertz CT molecular complexity index is 1450.